The largest absolute Gasteiger partial charge is 0.508 e. The van der Waals surface area contributed by atoms with Crippen LogP contribution >= 0.6 is 0 Å². The maximum atomic E-state index is 10.1. The van der Waals surface area contributed by atoms with Crippen molar-refractivity contribution in [3.63, 3.8) is 0 Å². The second-order valence-corrected chi connectivity index (χ2v) is 6.87. The second kappa shape index (κ2) is 9.83. The Bertz CT molecular complexity index is 778. The standard InChI is InChI=1S/C23H27N3O/c1-19-8-9-23(27)20(18-19)10-15-26(16-11-21-6-2-4-13-24-21)17-12-22-7-3-5-14-25-22/h2-9,13-14,18,27H,10-12,15-17H2,1H3. The molecule has 2 heterocycles. The van der Waals surface area contributed by atoms with Gasteiger partial charge in [-0.3, -0.25) is 9.97 Å². The van der Waals surface area contributed by atoms with Gasteiger partial charge in [-0.15, -0.1) is 0 Å². The van der Waals surface area contributed by atoms with Gasteiger partial charge in [0.05, 0.1) is 0 Å². The van der Waals surface area contributed by atoms with Gasteiger partial charge in [-0.05, 0) is 49.2 Å². The Kier molecular flexibility index (Phi) is 6.94. The van der Waals surface area contributed by atoms with Gasteiger partial charge in [-0.25, -0.2) is 0 Å². The van der Waals surface area contributed by atoms with Crippen LogP contribution in [0.4, 0.5) is 0 Å². The molecule has 3 aromatic rings. The maximum absolute atomic E-state index is 10.1. The molecule has 0 bridgehead atoms. The van der Waals surface area contributed by atoms with Gasteiger partial charge in [0.15, 0.2) is 0 Å². The van der Waals surface area contributed by atoms with E-state index >= 15 is 0 Å². The summed E-state index contributed by atoms with van der Waals surface area (Å²) in [4.78, 5) is 11.3. The summed E-state index contributed by atoms with van der Waals surface area (Å²) in [7, 11) is 0. The molecule has 0 unspecified atom stereocenters. The van der Waals surface area contributed by atoms with Crippen LogP contribution in [0.2, 0.25) is 0 Å². The molecule has 0 amide bonds. The van der Waals surface area contributed by atoms with Crippen molar-refractivity contribution in [3.8, 4) is 5.75 Å². The number of benzene rings is 1. The van der Waals surface area contributed by atoms with Crippen molar-refractivity contribution in [2.75, 3.05) is 19.6 Å². The third-order valence-corrected chi connectivity index (χ3v) is 4.75. The molecule has 27 heavy (non-hydrogen) atoms. The Labute approximate surface area is 161 Å². The van der Waals surface area contributed by atoms with E-state index in [-0.39, 0.29) is 0 Å². The minimum Gasteiger partial charge on any atom is -0.508 e. The first kappa shape index (κ1) is 19.1. The molecule has 0 radical (unpaired) electrons. The lowest BCUT2D eigenvalue weighted by atomic mass is 10.1. The van der Waals surface area contributed by atoms with Crippen molar-refractivity contribution >= 4 is 0 Å². The van der Waals surface area contributed by atoms with Gasteiger partial charge in [-0.2, -0.15) is 0 Å². The van der Waals surface area contributed by atoms with Gasteiger partial charge in [0.1, 0.15) is 5.75 Å². The van der Waals surface area contributed by atoms with Crippen molar-refractivity contribution in [1.29, 1.82) is 0 Å². The maximum Gasteiger partial charge on any atom is 0.118 e. The molecule has 0 saturated carbocycles. The predicted molar refractivity (Wildman–Crippen MR) is 109 cm³/mol. The third kappa shape index (κ3) is 6.19. The molecule has 140 valence electrons. The highest BCUT2D eigenvalue weighted by Gasteiger charge is 2.09. The van der Waals surface area contributed by atoms with Crippen LogP contribution in [0.1, 0.15) is 22.5 Å². The summed E-state index contributed by atoms with van der Waals surface area (Å²) in [5.74, 6) is 0.384. The number of aryl methyl sites for hydroxylation is 1. The van der Waals surface area contributed by atoms with Gasteiger partial charge >= 0.3 is 0 Å². The zero-order valence-electron chi connectivity index (χ0n) is 15.9. The van der Waals surface area contributed by atoms with E-state index in [9.17, 15) is 5.11 Å². The molecule has 0 spiro atoms. The molecule has 0 aliphatic rings. The monoisotopic (exact) mass is 361 g/mol. The molecule has 0 aliphatic heterocycles. The molecule has 4 heteroatoms. The van der Waals surface area contributed by atoms with Crippen LogP contribution in [0.5, 0.6) is 5.75 Å². The van der Waals surface area contributed by atoms with Crippen LogP contribution < -0.4 is 0 Å². The molecule has 0 atom stereocenters. The number of pyridine rings is 2. The summed E-state index contributed by atoms with van der Waals surface area (Å²) in [6, 6.07) is 17.9. The molecule has 1 aromatic carbocycles. The van der Waals surface area contributed by atoms with Crippen LogP contribution in [0.15, 0.2) is 67.0 Å². The van der Waals surface area contributed by atoms with E-state index in [4.69, 9.17) is 0 Å². The van der Waals surface area contributed by atoms with Gasteiger partial charge < -0.3 is 10.0 Å². The minimum atomic E-state index is 0.384. The van der Waals surface area contributed by atoms with Gasteiger partial charge in [0, 0.05) is 56.3 Å². The first-order valence-corrected chi connectivity index (χ1v) is 9.51. The van der Waals surface area contributed by atoms with Crippen molar-refractivity contribution < 1.29 is 5.11 Å². The first-order valence-electron chi connectivity index (χ1n) is 9.51. The average Bonchev–Trinajstić information content (AvgIpc) is 2.71. The Hall–Kier alpha value is -2.72. The number of hydrogen-bond donors (Lipinski definition) is 1. The van der Waals surface area contributed by atoms with Crippen LogP contribution in [-0.4, -0.2) is 39.6 Å². The lowest BCUT2D eigenvalue weighted by molar-refractivity contribution is 0.281. The molecule has 0 saturated heterocycles. The molecular formula is C23H27N3O. The topological polar surface area (TPSA) is 49.2 Å². The van der Waals surface area contributed by atoms with Crippen LogP contribution in [0.3, 0.4) is 0 Å². The summed E-state index contributed by atoms with van der Waals surface area (Å²) in [6.07, 6.45) is 6.36. The molecular weight excluding hydrogens is 334 g/mol. The smallest absolute Gasteiger partial charge is 0.118 e. The number of rotatable bonds is 9. The number of phenols is 1. The van der Waals surface area contributed by atoms with Crippen LogP contribution in [-0.2, 0) is 19.3 Å². The van der Waals surface area contributed by atoms with Crippen LogP contribution in [0.25, 0.3) is 0 Å². The molecule has 4 nitrogen and oxygen atoms in total. The van der Waals surface area contributed by atoms with E-state index in [0.29, 0.717) is 5.75 Å². The minimum absolute atomic E-state index is 0.384. The van der Waals surface area contributed by atoms with Gasteiger partial charge in [0.2, 0.25) is 0 Å². The summed E-state index contributed by atoms with van der Waals surface area (Å²) in [5, 5.41) is 10.1. The zero-order valence-corrected chi connectivity index (χ0v) is 15.9. The number of aromatic hydroxyl groups is 1. The normalized spacial score (nSPS) is 11.0. The highest BCUT2D eigenvalue weighted by atomic mass is 16.3. The van der Waals surface area contributed by atoms with Crippen molar-refractivity contribution in [2.24, 2.45) is 0 Å². The number of aromatic nitrogens is 2. The summed E-state index contributed by atoms with van der Waals surface area (Å²) in [5.41, 5.74) is 4.41. The number of phenolic OH excluding ortho intramolecular Hbond substituents is 1. The fraction of sp³-hybridized carbons (Fsp3) is 0.304. The SMILES string of the molecule is Cc1ccc(O)c(CCN(CCc2ccccn2)CCc2ccccn2)c1. The van der Waals surface area contributed by atoms with E-state index in [1.807, 2.05) is 42.7 Å². The van der Waals surface area contributed by atoms with E-state index in [2.05, 4.69) is 40.0 Å². The first-order chi connectivity index (χ1) is 13.2. The van der Waals surface area contributed by atoms with Crippen molar-refractivity contribution in [1.82, 2.24) is 14.9 Å². The third-order valence-electron chi connectivity index (χ3n) is 4.75. The molecule has 3 rings (SSSR count). The lowest BCUT2D eigenvalue weighted by Gasteiger charge is -2.22. The quantitative estimate of drug-likeness (QED) is 0.629. The summed E-state index contributed by atoms with van der Waals surface area (Å²) in [6.45, 7) is 4.84. The Morgan fingerprint density at radius 2 is 1.37 bits per heavy atom. The zero-order chi connectivity index (χ0) is 18.9. The number of nitrogens with zero attached hydrogens (tertiary/aromatic N) is 3. The van der Waals surface area contributed by atoms with E-state index in [0.717, 1.165) is 55.8 Å². The van der Waals surface area contributed by atoms with E-state index < -0.39 is 0 Å². The molecule has 0 aliphatic carbocycles. The molecule has 0 fully saturated rings. The highest BCUT2D eigenvalue weighted by Crippen LogP contribution is 2.19. The van der Waals surface area contributed by atoms with Crippen LogP contribution in [0, 0.1) is 6.92 Å². The lowest BCUT2D eigenvalue weighted by Crippen LogP contribution is -2.31. The van der Waals surface area contributed by atoms with Gasteiger partial charge in [0.25, 0.3) is 0 Å². The Morgan fingerprint density at radius 3 is 1.93 bits per heavy atom. The Morgan fingerprint density at radius 1 is 0.778 bits per heavy atom. The Balaban J connectivity index is 1.61. The molecule has 2 aromatic heterocycles. The highest BCUT2D eigenvalue weighted by molar-refractivity contribution is 5.35. The summed E-state index contributed by atoms with van der Waals surface area (Å²) >= 11 is 0. The number of hydrogen-bond acceptors (Lipinski definition) is 4. The molecule has 1 N–H and O–H groups in total. The summed E-state index contributed by atoms with van der Waals surface area (Å²) < 4.78 is 0. The fourth-order valence-corrected chi connectivity index (χ4v) is 3.17. The average molecular weight is 361 g/mol. The van der Waals surface area contributed by atoms with Crippen molar-refractivity contribution in [3.05, 3.63) is 89.5 Å². The second-order valence-electron chi connectivity index (χ2n) is 6.87. The predicted octanol–water partition coefficient (Wildman–Crippen LogP) is 3.82. The van der Waals surface area contributed by atoms with E-state index in [1.165, 1.54) is 5.56 Å². The van der Waals surface area contributed by atoms with Crippen molar-refractivity contribution in [2.45, 2.75) is 26.2 Å². The fourth-order valence-electron chi connectivity index (χ4n) is 3.17. The van der Waals surface area contributed by atoms with E-state index in [1.54, 1.807) is 6.07 Å². The van der Waals surface area contributed by atoms with Gasteiger partial charge in [-0.1, -0.05) is 29.8 Å².